The van der Waals surface area contributed by atoms with E-state index in [4.69, 9.17) is 10.5 Å². The number of nitrogens with zero attached hydrogens (tertiary/aromatic N) is 4. The average Bonchev–Trinajstić information content (AvgIpc) is 3.26. The molecule has 2 N–H and O–H groups in total. The molecule has 1 aromatic carbocycles. The average molecular weight is 369 g/mol. The number of ether oxygens (including phenoxy) is 1. The van der Waals surface area contributed by atoms with Crippen LogP contribution in [0, 0.1) is 17.7 Å². The highest BCUT2D eigenvalue weighted by Gasteiger charge is 2.60. The Bertz CT molecular complexity index is 986. The molecular weight excluding hydrogens is 349 g/mol. The highest BCUT2D eigenvalue weighted by Crippen LogP contribution is 2.56. The minimum absolute atomic E-state index is 0.0207. The Kier molecular flexibility index (Phi) is 4.35. The van der Waals surface area contributed by atoms with Gasteiger partial charge in [-0.3, -0.25) is 9.79 Å². The minimum Gasteiger partial charge on any atom is -0.392 e. The van der Waals surface area contributed by atoms with Gasteiger partial charge in [-0.2, -0.15) is 0 Å². The van der Waals surface area contributed by atoms with Crippen LogP contribution in [0.2, 0.25) is 0 Å². The third-order valence-corrected chi connectivity index (χ3v) is 5.31. The number of nitrogens with two attached hydrogens (primary N) is 1. The zero-order valence-corrected chi connectivity index (χ0v) is 14.9. The van der Waals surface area contributed by atoms with Gasteiger partial charge in [0.1, 0.15) is 17.2 Å². The summed E-state index contributed by atoms with van der Waals surface area (Å²) in [6.07, 6.45) is 1.54. The summed E-state index contributed by atoms with van der Waals surface area (Å²) < 4.78 is 20.7. The van der Waals surface area contributed by atoms with Crippen LogP contribution in [0.25, 0.3) is 0 Å². The van der Waals surface area contributed by atoms with Crippen LogP contribution in [-0.2, 0) is 11.3 Å². The van der Waals surface area contributed by atoms with Crippen LogP contribution >= 0.6 is 0 Å². The summed E-state index contributed by atoms with van der Waals surface area (Å²) in [6, 6.07) is 6.33. The predicted octanol–water partition coefficient (Wildman–Crippen LogP) is 1.74. The van der Waals surface area contributed by atoms with Gasteiger partial charge in [0.25, 0.3) is 5.56 Å². The van der Waals surface area contributed by atoms with Gasteiger partial charge in [-0.05, 0) is 19.1 Å². The lowest BCUT2D eigenvalue weighted by molar-refractivity contribution is 0.0796. The summed E-state index contributed by atoms with van der Waals surface area (Å²) in [6.45, 7) is 6.39. The number of benzene rings is 1. The molecule has 27 heavy (non-hydrogen) atoms. The van der Waals surface area contributed by atoms with E-state index in [-0.39, 0.29) is 47.7 Å². The van der Waals surface area contributed by atoms with Crippen molar-refractivity contribution in [2.75, 3.05) is 12.3 Å². The third kappa shape index (κ3) is 2.95. The molecule has 7 nitrogen and oxygen atoms in total. The van der Waals surface area contributed by atoms with Crippen molar-refractivity contribution in [3.05, 3.63) is 64.3 Å². The van der Waals surface area contributed by atoms with Crippen LogP contribution in [0.3, 0.4) is 0 Å². The molecule has 2 heterocycles. The maximum absolute atomic E-state index is 13.8. The molecule has 8 heteroatoms. The number of allylic oxidation sites excluding steroid dienone is 1. The van der Waals surface area contributed by atoms with Gasteiger partial charge in [0.15, 0.2) is 0 Å². The summed E-state index contributed by atoms with van der Waals surface area (Å²) in [5.41, 5.74) is 6.51. The van der Waals surface area contributed by atoms with Crippen molar-refractivity contribution in [1.82, 2.24) is 15.0 Å². The molecule has 2 aliphatic rings. The summed E-state index contributed by atoms with van der Waals surface area (Å²) in [7, 11) is 0. The lowest BCUT2D eigenvalue weighted by atomic mass is 10.2. The molecule has 1 saturated heterocycles. The number of aromatic nitrogens is 3. The van der Waals surface area contributed by atoms with Gasteiger partial charge in [0, 0.05) is 17.4 Å². The fourth-order valence-electron chi connectivity index (χ4n) is 3.76. The summed E-state index contributed by atoms with van der Waals surface area (Å²) in [5, 5.41) is 8.19. The van der Waals surface area contributed by atoms with Crippen molar-refractivity contribution in [2.24, 2.45) is 16.8 Å². The Labute approximate surface area is 155 Å². The first kappa shape index (κ1) is 17.5. The Balaban J connectivity index is 1.62. The van der Waals surface area contributed by atoms with E-state index >= 15 is 0 Å². The molecule has 2 unspecified atom stereocenters. The molecule has 1 aliphatic carbocycles. The first-order valence-electron chi connectivity index (χ1n) is 8.80. The Morgan fingerprint density at radius 2 is 2.30 bits per heavy atom. The first-order chi connectivity index (χ1) is 13.0. The van der Waals surface area contributed by atoms with Crippen molar-refractivity contribution in [1.29, 1.82) is 0 Å². The van der Waals surface area contributed by atoms with Gasteiger partial charge < -0.3 is 10.5 Å². The van der Waals surface area contributed by atoms with E-state index in [0.29, 0.717) is 17.9 Å². The molecule has 0 bridgehead atoms. The Morgan fingerprint density at radius 1 is 1.52 bits per heavy atom. The highest BCUT2D eigenvalue weighted by molar-refractivity contribution is 6.09. The number of hydrogen-bond donors (Lipinski definition) is 1. The lowest BCUT2D eigenvalue weighted by Crippen LogP contribution is -2.31. The molecule has 1 aromatic heterocycles. The number of anilines is 1. The van der Waals surface area contributed by atoms with Crippen molar-refractivity contribution in [3.8, 4) is 0 Å². The molecule has 1 saturated carbocycles. The number of fused-ring (bicyclic) bond motifs is 1. The predicted molar refractivity (Wildman–Crippen MR) is 99.0 cm³/mol. The second kappa shape index (κ2) is 6.70. The standard InChI is InChI=1S/C19H20FN5O2/c1-3-14(22-8-11-6-4-5-7-13(11)20)17-16(21)19(26)25(24-23-17)18-12-9-27-10(2)15(12)18/h3-7,10,12,15,18H,1,8-9,21H2,2H3/t10?,12-,15?,18+/m1/s1. The van der Waals surface area contributed by atoms with E-state index in [2.05, 4.69) is 21.9 Å². The number of halogens is 1. The van der Waals surface area contributed by atoms with Crippen molar-refractivity contribution >= 4 is 11.4 Å². The fraction of sp³-hybridized carbons (Fsp3) is 0.368. The first-order valence-corrected chi connectivity index (χ1v) is 8.80. The smallest absolute Gasteiger partial charge is 0.293 e. The Hall–Kier alpha value is -2.87. The van der Waals surface area contributed by atoms with Crippen LogP contribution in [0.15, 0.2) is 46.7 Å². The second-order valence-corrected chi connectivity index (χ2v) is 6.87. The van der Waals surface area contributed by atoms with E-state index in [1.54, 1.807) is 18.2 Å². The van der Waals surface area contributed by atoms with Gasteiger partial charge in [0.2, 0.25) is 0 Å². The van der Waals surface area contributed by atoms with Crippen LogP contribution in [0.5, 0.6) is 0 Å². The maximum Gasteiger partial charge on any atom is 0.293 e. The van der Waals surface area contributed by atoms with Crippen molar-refractivity contribution in [3.63, 3.8) is 0 Å². The zero-order chi connectivity index (χ0) is 19.1. The van der Waals surface area contributed by atoms with Gasteiger partial charge in [-0.25, -0.2) is 9.07 Å². The second-order valence-electron chi connectivity index (χ2n) is 6.87. The molecule has 0 spiro atoms. The van der Waals surface area contributed by atoms with Gasteiger partial charge in [-0.1, -0.05) is 30.0 Å². The van der Waals surface area contributed by atoms with Crippen molar-refractivity contribution < 1.29 is 9.13 Å². The van der Waals surface area contributed by atoms with E-state index < -0.39 is 5.56 Å². The van der Waals surface area contributed by atoms with Gasteiger partial charge in [-0.15, -0.1) is 5.10 Å². The molecule has 1 aliphatic heterocycles. The number of aliphatic imine (C=N–C) groups is 1. The summed E-state index contributed by atoms with van der Waals surface area (Å²) in [5.74, 6) is 0.206. The third-order valence-electron chi connectivity index (χ3n) is 5.31. The van der Waals surface area contributed by atoms with Crippen molar-refractivity contribution in [2.45, 2.75) is 25.6 Å². The Morgan fingerprint density at radius 3 is 2.96 bits per heavy atom. The number of rotatable bonds is 5. The lowest BCUT2D eigenvalue weighted by Gasteiger charge is -2.12. The fourth-order valence-corrected chi connectivity index (χ4v) is 3.76. The quantitative estimate of drug-likeness (QED) is 0.810. The SMILES string of the molecule is C=CC(=NCc1ccccc1F)c1nnn([C@@H]2C3C(C)OC[C@H]32)c(=O)c1N. The zero-order valence-electron chi connectivity index (χ0n) is 14.9. The molecule has 2 fully saturated rings. The monoisotopic (exact) mass is 369 g/mol. The van der Waals surface area contributed by atoms with Gasteiger partial charge in [0.05, 0.1) is 31.0 Å². The molecule has 4 atom stereocenters. The normalized spacial score (nSPS) is 26.7. The highest BCUT2D eigenvalue weighted by atomic mass is 19.1. The van der Waals surface area contributed by atoms with Crippen LogP contribution in [0.4, 0.5) is 10.1 Å². The van der Waals surface area contributed by atoms with Crippen LogP contribution < -0.4 is 11.3 Å². The molecule has 0 amide bonds. The molecule has 0 radical (unpaired) electrons. The van der Waals surface area contributed by atoms with E-state index in [1.165, 1.54) is 16.8 Å². The molecular formula is C19H20FN5O2. The largest absolute Gasteiger partial charge is 0.392 e. The number of nitrogen functional groups attached to an aromatic ring is 1. The minimum atomic E-state index is -0.396. The maximum atomic E-state index is 13.8. The van der Waals surface area contributed by atoms with Crippen LogP contribution in [0.1, 0.15) is 24.2 Å². The summed E-state index contributed by atoms with van der Waals surface area (Å²) in [4.78, 5) is 17.0. The van der Waals surface area contributed by atoms with Gasteiger partial charge >= 0.3 is 0 Å². The van der Waals surface area contributed by atoms with Crippen LogP contribution in [-0.4, -0.2) is 33.4 Å². The molecule has 4 rings (SSSR count). The van der Waals surface area contributed by atoms with E-state index in [0.717, 1.165) is 0 Å². The van der Waals surface area contributed by atoms with E-state index in [9.17, 15) is 9.18 Å². The van der Waals surface area contributed by atoms with E-state index in [1.807, 2.05) is 6.92 Å². The summed E-state index contributed by atoms with van der Waals surface area (Å²) >= 11 is 0. The topological polar surface area (TPSA) is 95.4 Å². The number of hydrogen-bond acceptors (Lipinski definition) is 6. The molecule has 2 aromatic rings. The molecule has 140 valence electrons.